The van der Waals surface area contributed by atoms with Gasteiger partial charge in [0.05, 0.1) is 6.61 Å². The number of benzene rings is 1. The van der Waals surface area contributed by atoms with Crippen molar-refractivity contribution in [3.05, 3.63) is 28.8 Å². The minimum absolute atomic E-state index is 0.416. The van der Waals surface area contributed by atoms with Gasteiger partial charge in [-0.2, -0.15) is 0 Å². The molecule has 0 aromatic heterocycles. The van der Waals surface area contributed by atoms with Gasteiger partial charge < -0.3 is 14.8 Å². The lowest BCUT2D eigenvalue weighted by atomic mass is 10.2. The Kier molecular flexibility index (Phi) is 5.29. The van der Waals surface area contributed by atoms with E-state index < -0.39 is 0 Å². The van der Waals surface area contributed by atoms with Crippen LogP contribution in [0.3, 0.4) is 0 Å². The Morgan fingerprint density at radius 2 is 2.39 bits per heavy atom. The number of hydrogen-bond acceptors (Lipinski definition) is 2. The summed E-state index contributed by atoms with van der Waals surface area (Å²) in [7, 11) is 0. The first-order valence-electron chi connectivity index (χ1n) is 6.64. The summed E-state index contributed by atoms with van der Waals surface area (Å²) in [6.45, 7) is 5.49. The van der Waals surface area contributed by atoms with Crippen molar-refractivity contribution in [1.82, 2.24) is 0 Å². The topological polar surface area (TPSA) is 35.1 Å². The monoisotopic (exact) mass is 270 g/mol. The first-order valence-corrected chi connectivity index (χ1v) is 7.02. The fourth-order valence-electron chi connectivity index (χ4n) is 2.26. The van der Waals surface area contributed by atoms with Crippen molar-refractivity contribution in [2.24, 2.45) is 0 Å². The molecule has 1 saturated heterocycles. The molecule has 2 rings (SSSR count). The lowest BCUT2D eigenvalue weighted by Gasteiger charge is -2.11. The predicted octanol–water partition coefficient (Wildman–Crippen LogP) is 1.98. The largest absolute Gasteiger partial charge is 0.493 e. The third-order valence-electron chi connectivity index (χ3n) is 3.14. The van der Waals surface area contributed by atoms with Crippen LogP contribution >= 0.6 is 11.6 Å². The molecule has 1 fully saturated rings. The smallest absolute Gasteiger partial charge is 0.128 e. The minimum atomic E-state index is 0.416. The predicted molar refractivity (Wildman–Crippen MR) is 72.1 cm³/mol. The zero-order valence-electron chi connectivity index (χ0n) is 10.8. The highest BCUT2D eigenvalue weighted by atomic mass is 35.5. The summed E-state index contributed by atoms with van der Waals surface area (Å²) < 4.78 is 11.2. The molecule has 3 nitrogen and oxygen atoms in total. The van der Waals surface area contributed by atoms with Crippen LogP contribution < -0.4 is 10.1 Å². The maximum Gasteiger partial charge on any atom is 0.128 e. The van der Waals surface area contributed by atoms with Gasteiger partial charge >= 0.3 is 0 Å². The molecular weight excluding hydrogens is 250 g/mol. The number of nitrogens with two attached hydrogens (primary N) is 1. The van der Waals surface area contributed by atoms with Gasteiger partial charge in [-0.15, -0.1) is 0 Å². The van der Waals surface area contributed by atoms with E-state index in [4.69, 9.17) is 21.1 Å². The summed E-state index contributed by atoms with van der Waals surface area (Å²) in [4.78, 5) is 0. The van der Waals surface area contributed by atoms with Crippen LogP contribution in [0.5, 0.6) is 5.75 Å². The molecule has 18 heavy (non-hydrogen) atoms. The SMILES string of the molecule is CCOc1ccc(Cl)cc1C[NH2+]C[C@H]1CCCO1. The van der Waals surface area contributed by atoms with Gasteiger partial charge in [0.25, 0.3) is 0 Å². The van der Waals surface area contributed by atoms with Gasteiger partial charge in [-0.05, 0) is 38.0 Å². The van der Waals surface area contributed by atoms with Crippen molar-refractivity contribution >= 4 is 11.6 Å². The molecular formula is C14H21ClNO2+. The molecule has 0 unspecified atom stereocenters. The third-order valence-corrected chi connectivity index (χ3v) is 3.38. The highest BCUT2D eigenvalue weighted by Gasteiger charge is 2.17. The highest BCUT2D eigenvalue weighted by molar-refractivity contribution is 6.30. The average molecular weight is 271 g/mol. The van der Waals surface area contributed by atoms with Crippen molar-refractivity contribution in [3.8, 4) is 5.75 Å². The Morgan fingerprint density at radius 1 is 1.50 bits per heavy atom. The zero-order chi connectivity index (χ0) is 12.8. The summed E-state index contributed by atoms with van der Waals surface area (Å²) in [5.41, 5.74) is 1.15. The number of rotatable bonds is 6. The molecule has 1 aromatic carbocycles. The van der Waals surface area contributed by atoms with Gasteiger partial charge in [-0.25, -0.2) is 0 Å². The molecule has 0 radical (unpaired) electrons. The molecule has 1 aliphatic rings. The molecule has 1 atom stereocenters. The quantitative estimate of drug-likeness (QED) is 0.858. The van der Waals surface area contributed by atoms with Gasteiger partial charge in [0, 0.05) is 17.2 Å². The van der Waals surface area contributed by atoms with E-state index in [0.29, 0.717) is 12.7 Å². The molecule has 4 heteroatoms. The summed E-state index contributed by atoms with van der Waals surface area (Å²) in [6, 6.07) is 5.80. The van der Waals surface area contributed by atoms with Crippen LogP contribution in [0.2, 0.25) is 5.02 Å². The zero-order valence-corrected chi connectivity index (χ0v) is 11.6. The Labute approximate surface area is 113 Å². The first-order chi connectivity index (χ1) is 8.79. The standard InChI is InChI=1S/C14H20ClNO2/c1-2-17-14-6-5-12(15)8-11(14)9-16-10-13-4-3-7-18-13/h5-6,8,13,16H,2-4,7,9-10H2,1H3/p+1/t13-/m1/s1. The van der Waals surface area contributed by atoms with E-state index in [-0.39, 0.29) is 0 Å². The van der Waals surface area contributed by atoms with E-state index in [2.05, 4.69) is 5.32 Å². The van der Waals surface area contributed by atoms with Gasteiger partial charge in [-0.1, -0.05) is 11.6 Å². The molecule has 100 valence electrons. The molecule has 0 saturated carbocycles. The molecule has 0 amide bonds. The van der Waals surface area contributed by atoms with Crippen LogP contribution in [0, 0.1) is 0 Å². The molecule has 1 aliphatic heterocycles. The highest BCUT2D eigenvalue weighted by Crippen LogP contribution is 2.22. The Hall–Kier alpha value is -0.770. The molecule has 0 spiro atoms. The van der Waals surface area contributed by atoms with Gasteiger partial charge in [0.2, 0.25) is 0 Å². The molecule has 0 bridgehead atoms. The third kappa shape index (κ3) is 3.87. The van der Waals surface area contributed by atoms with Gasteiger partial charge in [-0.3, -0.25) is 0 Å². The Balaban J connectivity index is 1.88. The number of halogens is 1. The van der Waals surface area contributed by atoms with Crippen LogP contribution in [0.1, 0.15) is 25.3 Å². The maximum absolute atomic E-state index is 6.03. The Morgan fingerprint density at radius 3 is 3.11 bits per heavy atom. The number of quaternary nitrogens is 1. The van der Waals surface area contributed by atoms with Crippen molar-refractivity contribution in [1.29, 1.82) is 0 Å². The van der Waals surface area contributed by atoms with Crippen molar-refractivity contribution < 1.29 is 14.8 Å². The van der Waals surface area contributed by atoms with Crippen molar-refractivity contribution in [2.45, 2.75) is 32.4 Å². The summed E-state index contributed by atoms with van der Waals surface area (Å²) in [6.07, 6.45) is 2.80. The van der Waals surface area contributed by atoms with E-state index in [9.17, 15) is 0 Å². The number of ether oxygens (including phenoxy) is 2. The van der Waals surface area contributed by atoms with Crippen LogP contribution in [0.25, 0.3) is 0 Å². The molecule has 1 heterocycles. The van der Waals surface area contributed by atoms with E-state index in [1.807, 2.05) is 25.1 Å². The normalized spacial score (nSPS) is 19.1. The second kappa shape index (κ2) is 6.98. The second-order valence-electron chi connectivity index (χ2n) is 4.55. The van der Waals surface area contributed by atoms with Crippen molar-refractivity contribution in [3.63, 3.8) is 0 Å². The fraction of sp³-hybridized carbons (Fsp3) is 0.571. The summed E-state index contributed by atoms with van der Waals surface area (Å²) >= 11 is 6.03. The summed E-state index contributed by atoms with van der Waals surface area (Å²) in [5, 5.41) is 3.03. The maximum atomic E-state index is 6.03. The lowest BCUT2D eigenvalue weighted by Crippen LogP contribution is -2.84. The van der Waals surface area contributed by atoms with Crippen LogP contribution in [-0.4, -0.2) is 25.9 Å². The molecule has 2 N–H and O–H groups in total. The molecule has 0 aliphatic carbocycles. The lowest BCUT2D eigenvalue weighted by molar-refractivity contribution is -0.676. The van der Waals surface area contributed by atoms with E-state index in [0.717, 1.165) is 36.0 Å². The Bertz CT molecular complexity index is 378. The van der Waals surface area contributed by atoms with Gasteiger partial charge in [0.1, 0.15) is 24.9 Å². The van der Waals surface area contributed by atoms with Crippen LogP contribution in [-0.2, 0) is 11.3 Å². The number of hydrogen-bond donors (Lipinski definition) is 1. The first kappa shape index (κ1) is 13.7. The van der Waals surface area contributed by atoms with Gasteiger partial charge in [0.15, 0.2) is 0 Å². The van der Waals surface area contributed by atoms with E-state index in [1.54, 1.807) is 0 Å². The van der Waals surface area contributed by atoms with E-state index in [1.165, 1.54) is 12.8 Å². The van der Waals surface area contributed by atoms with Crippen molar-refractivity contribution in [2.75, 3.05) is 19.8 Å². The van der Waals surface area contributed by atoms with Crippen LogP contribution in [0.4, 0.5) is 0 Å². The molecule has 1 aromatic rings. The second-order valence-corrected chi connectivity index (χ2v) is 4.99. The average Bonchev–Trinajstić information content (AvgIpc) is 2.86. The van der Waals surface area contributed by atoms with Crippen LogP contribution in [0.15, 0.2) is 18.2 Å². The minimum Gasteiger partial charge on any atom is -0.493 e. The summed E-state index contributed by atoms with van der Waals surface area (Å²) in [5.74, 6) is 0.936. The van der Waals surface area contributed by atoms with E-state index >= 15 is 0 Å². The fourth-order valence-corrected chi connectivity index (χ4v) is 2.45.